The smallest absolute Gasteiger partial charge is 0.415 e. The molecule has 3 aliphatic rings. The van der Waals surface area contributed by atoms with Gasteiger partial charge in [-0.25, -0.2) is 9.48 Å². The molecule has 1 fully saturated rings. The molecule has 0 spiro atoms. The molecular formula is C22H22N4O3. The summed E-state index contributed by atoms with van der Waals surface area (Å²) in [6.07, 6.45) is 10.2. The lowest BCUT2D eigenvalue weighted by Gasteiger charge is -2.14. The summed E-state index contributed by atoms with van der Waals surface area (Å²) in [4.78, 5) is 13.9. The number of aryl methyl sites for hydroxylation is 1. The van der Waals surface area contributed by atoms with E-state index in [9.17, 15) is 9.90 Å². The average Bonchev–Trinajstić information content (AvgIpc) is 3.35. The number of carbonyl (C=O) groups is 1. The zero-order valence-corrected chi connectivity index (χ0v) is 16.3. The average molecular weight is 390 g/mol. The van der Waals surface area contributed by atoms with E-state index in [4.69, 9.17) is 4.74 Å². The number of anilines is 1. The largest absolute Gasteiger partial charge is 0.441 e. The van der Waals surface area contributed by atoms with E-state index in [0.717, 1.165) is 28.1 Å². The van der Waals surface area contributed by atoms with Gasteiger partial charge in [-0.2, -0.15) is 0 Å². The highest BCUT2D eigenvalue weighted by molar-refractivity contribution is 5.94. The Morgan fingerprint density at radius 1 is 1.31 bits per heavy atom. The highest BCUT2D eigenvalue weighted by atomic mass is 16.6. The molecule has 5 rings (SSSR count). The van der Waals surface area contributed by atoms with Crippen LogP contribution in [0.15, 0.2) is 48.7 Å². The van der Waals surface area contributed by atoms with Crippen molar-refractivity contribution >= 4 is 22.9 Å². The Hall–Kier alpha value is -3.19. The minimum Gasteiger partial charge on any atom is -0.441 e. The fourth-order valence-electron chi connectivity index (χ4n) is 4.41. The monoisotopic (exact) mass is 390 g/mol. The first-order valence-corrected chi connectivity index (χ1v) is 9.76. The molecule has 148 valence electrons. The van der Waals surface area contributed by atoms with E-state index in [1.807, 2.05) is 19.2 Å². The maximum atomic E-state index is 12.2. The number of amides is 1. The number of rotatable bonds is 3. The van der Waals surface area contributed by atoms with Crippen LogP contribution in [0.2, 0.25) is 0 Å². The van der Waals surface area contributed by atoms with Crippen molar-refractivity contribution in [3.63, 3.8) is 0 Å². The van der Waals surface area contributed by atoms with Gasteiger partial charge in [0.2, 0.25) is 0 Å². The van der Waals surface area contributed by atoms with Crippen LogP contribution in [0.5, 0.6) is 0 Å². The molecule has 1 aliphatic carbocycles. The molecule has 2 aromatic rings. The van der Waals surface area contributed by atoms with E-state index in [-0.39, 0.29) is 24.7 Å². The lowest BCUT2D eigenvalue weighted by molar-refractivity contribution is 0.0830. The lowest BCUT2D eigenvalue weighted by Crippen LogP contribution is -2.34. The summed E-state index contributed by atoms with van der Waals surface area (Å²) in [5.41, 5.74) is 6.36. The molecule has 29 heavy (non-hydrogen) atoms. The van der Waals surface area contributed by atoms with E-state index < -0.39 is 6.10 Å². The molecule has 0 bridgehead atoms. The standard InChI is InChI=1S/C22H22N4O3/c1-13-3-4-14(5-7-17(13)20-11-23-24-25(20)2)15-6-8-18-16(9-15)10-19-21(12-27)29-22(28)26(18)19/h3-9,11,13,19,21,27H,10,12H2,1-2H3. The molecule has 1 amide bonds. The second kappa shape index (κ2) is 6.70. The third-order valence-corrected chi connectivity index (χ3v) is 6.00. The van der Waals surface area contributed by atoms with Crippen LogP contribution in [0.25, 0.3) is 11.1 Å². The van der Waals surface area contributed by atoms with E-state index in [1.54, 1.807) is 15.8 Å². The fourth-order valence-corrected chi connectivity index (χ4v) is 4.41. The predicted molar refractivity (Wildman–Crippen MR) is 109 cm³/mol. The van der Waals surface area contributed by atoms with Gasteiger partial charge in [0.1, 0.15) is 6.10 Å². The molecule has 1 N–H and O–H groups in total. The Kier molecular flexibility index (Phi) is 4.13. The molecule has 3 unspecified atom stereocenters. The van der Waals surface area contributed by atoms with Crippen molar-refractivity contribution in [2.24, 2.45) is 13.0 Å². The Morgan fingerprint density at radius 3 is 2.93 bits per heavy atom. The van der Waals surface area contributed by atoms with Gasteiger partial charge in [0.25, 0.3) is 0 Å². The molecule has 7 heteroatoms. The number of hydrogen-bond acceptors (Lipinski definition) is 5. The highest BCUT2D eigenvalue weighted by Gasteiger charge is 2.47. The molecule has 1 saturated heterocycles. The summed E-state index contributed by atoms with van der Waals surface area (Å²) >= 11 is 0. The minimum atomic E-state index is -0.464. The second-order valence-electron chi connectivity index (χ2n) is 7.72. The van der Waals surface area contributed by atoms with Crippen LogP contribution >= 0.6 is 0 Å². The normalized spacial score (nSPS) is 25.3. The van der Waals surface area contributed by atoms with Crippen molar-refractivity contribution < 1.29 is 14.6 Å². The summed E-state index contributed by atoms with van der Waals surface area (Å²) in [6.45, 7) is 2.00. The number of cyclic esters (lactones) is 1. The first-order valence-electron chi connectivity index (χ1n) is 9.76. The fraction of sp³-hybridized carbons (Fsp3) is 0.318. The molecule has 0 saturated carbocycles. The van der Waals surface area contributed by atoms with E-state index in [1.165, 1.54) is 5.57 Å². The van der Waals surface area contributed by atoms with Gasteiger partial charge in [-0.3, -0.25) is 4.90 Å². The van der Waals surface area contributed by atoms with Crippen LogP contribution in [0.4, 0.5) is 10.5 Å². The molecule has 1 aromatic carbocycles. The van der Waals surface area contributed by atoms with Gasteiger partial charge in [-0.15, -0.1) is 5.10 Å². The Bertz CT molecular complexity index is 1080. The summed E-state index contributed by atoms with van der Waals surface area (Å²) < 4.78 is 7.05. The van der Waals surface area contributed by atoms with Crippen LogP contribution in [-0.2, 0) is 18.2 Å². The summed E-state index contributed by atoms with van der Waals surface area (Å²) in [5, 5.41) is 17.5. The number of aliphatic hydroxyl groups is 1. The Balaban J connectivity index is 1.49. The molecule has 2 aliphatic heterocycles. The van der Waals surface area contributed by atoms with E-state index >= 15 is 0 Å². The summed E-state index contributed by atoms with van der Waals surface area (Å²) in [5.74, 6) is 0.237. The molecule has 3 heterocycles. The van der Waals surface area contributed by atoms with Gasteiger partial charge in [0.15, 0.2) is 0 Å². The summed E-state index contributed by atoms with van der Waals surface area (Å²) in [6, 6.07) is 6.03. The van der Waals surface area contributed by atoms with Crippen molar-refractivity contribution in [2.45, 2.75) is 25.5 Å². The van der Waals surface area contributed by atoms with Crippen molar-refractivity contribution in [1.29, 1.82) is 0 Å². The van der Waals surface area contributed by atoms with Crippen LogP contribution in [-0.4, -0.2) is 44.9 Å². The van der Waals surface area contributed by atoms with Crippen molar-refractivity contribution in [3.05, 3.63) is 65.5 Å². The third kappa shape index (κ3) is 2.81. The van der Waals surface area contributed by atoms with Gasteiger partial charge >= 0.3 is 6.09 Å². The molecule has 0 radical (unpaired) electrons. The minimum absolute atomic E-state index is 0.125. The van der Waals surface area contributed by atoms with Gasteiger partial charge in [-0.05, 0) is 40.8 Å². The van der Waals surface area contributed by atoms with E-state index in [2.05, 4.69) is 47.6 Å². The number of ether oxygens (including phenoxy) is 1. The number of fused-ring (bicyclic) bond motifs is 3. The SMILES string of the molecule is CC1C=CC(c2ccc3c(c2)CC2C(CO)OC(=O)N32)=CC=C1c1cnnn1C. The second-order valence-corrected chi connectivity index (χ2v) is 7.72. The number of benzene rings is 1. The molecule has 7 nitrogen and oxygen atoms in total. The van der Waals surface area contributed by atoms with E-state index in [0.29, 0.717) is 6.42 Å². The number of carbonyl (C=O) groups excluding carboxylic acids is 1. The van der Waals surface area contributed by atoms with Crippen LogP contribution < -0.4 is 4.90 Å². The van der Waals surface area contributed by atoms with Crippen molar-refractivity contribution in [2.75, 3.05) is 11.5 Å². The zero-order chi connectivity index (χ0) is 20.1. The quantitative estimate of drug-likeness (QED) is 0.872. The summed E-state index contributed by atoms with van der Waals surface area (Å²) in [7, 11) is 1.90. The van der Waals surface area contributed by atoms with Gasteiger partial charge in [-0.1, -0.05) is 42.5 Å². The number of aromatic nitrogens is 3. The molecular weight excluding hydrogens is 368 g/mol. The van der Waals surface area contributed by atoms with Gasteiger partial charge in [0.05, 0.1) is 30.2 Å². The van der Waals surface area contributed by atoms with Crippen molar-refractivity contribution in [1.82, 2.24) is 15.0 Å². The Labute approximate surface area is 168 Å². The predicted octanol–water partition coefficient (Wildman–Crippen LogP) is 2.73. The van der Waals surface area contributed by atoms with Crippen molar-refractivity contribution in [3.8, 4) is 0 Å². The lowest BCUT2D eigenvalue weighted by atomic mass is 9.98. The van der Waals surface area contributed by atoms with Gasteiger partial charge < -0.3 is 9.84 Å². The third-order valence-electron chi connectivity index (χ3n) is 6.00. The van der Waals surface area contributed by atoms with Crippen LogP contribution in [0, 0.1) is 5.92 Å². The van der Waals surface area contributed by atoms with Crippen LogP contribution in [0.1, 0.15) is 23.7 Å². The molecule has 1 aromatic heterocycles. The number of nitrogens with zero attached hydrogens (tertiary/aromatic N) is 4. The first kappa shape index (κ1) is 17.9. The number of allylic oxidation sites excluding steroid dienone is 6. The van der Waals surface area contributed by atoms with Gasteiger partial charge in [0, 0.05) is 13.0 Å². The number of hydrogen-bond donors (Lipinski definition) is 1. The topological polar surface area (TPSA) is 80.5 Å². The zero-order valence-electron chi connectivity index (χ0n) is 16.3. The van der Waals surface area contributed by atoms with Crippen LogP contribution in [0.3, 0.4) is 0 Å². The molecule has 3 atom stereocenters. The first-order chi connectivity index (χ1) is 14.1. The maximum Gasteiger partial charge on any atom is 0.415 e. The number of aliphatic hydroxyl groups excluding tert-OH is 1. The maximum absolute atomic E-state index is 12.2. The highest BCUT2D eigenvalue weighted by Crippen LogP contribution is 2.40. The Morgan fingerprint density at radius 2 is 2.17 bits per heavy atom.